The molecule has 0 aliphatic carbocycles. The first kappa shape index (κ1) is 8.39. The van der Waals surface area contributed by atoms with E-state index in [-0.39, 0.29) is 0 Å². The summed E-state index contributed by atoms with van der Waals surface area (Å²) in [6.07, 6.45) is -1.17. The zero-order valence-corrected chi connectivity index (χ0v) is 6.05. The molecule has 0 saturated carbocycles. The maximum absolute atomic E-state index is 12.1. The molecule has 1 rings (SSSR count). The van der Waals surface area contributed by atoms with Crippen LogP contribution in [0.3, 0.4) is 0 Å². The van der Waals surface area contributed by atoms with E-state index in [1.807, 2.05) is 0 Å². The lowest BCUT2D eigenvalue weighted by molar-refractivity contribution is -0.172. The fraction of sp³-hybridized carbons (Fsp3) is 0.833. The Hall–Kier alpha value is -0.710. The van der Waals surface area contributed by atoms with Gasteiger partial charge in [0.1, 0.15) is 6.10 Å². The Morgan fingerprint density at radius 1 is 1.64 bits per heavy atom. The summed E-state index contributed by atoms with van der Waals surface area (Å²) in [6.45, 7) is 0.145. The molecule has 1 atom stereocenters. The van der Waals surface area contributed by atoms with E-state index in [0.717, 1.165) is 4.90 Å². The van der Waals surface area contributed by atoms with Gasteiger partial charge in [-0.05, 0) is 6.92 Å². The van der Waals surface area contributed by atoms with E-state index in [0.29, 0.717) is 0 Å². The predicted octanol–water partition coefficient (Wildman–Crippen LogP) is -0.155. The first-order valence-corrected chi connectivity index (χ1v) is 3.27. The van der Waals surface area contributed by atoms with E-state index < -0.39 is 31.0 Å². The van der Waals surface area contributed by atoms with Crippen LogP contribution in [0.1, 0.15) is 6.92 Å². The van der Waals surface area contributed by atoms with Crippen LogP contribution in [-0.2, 0) is 4.79 Å². The number of halogens is 2. The van der Waals surface area contributed by atoms with Gasteiger partial charge in [-0.15, -0.1) is 0 Å². The number of aliphatic hydroxyl groups is 1. The van der Waals surface area contributed by atoms with Crippen molar-refractivity contribution in [2.45, 2.75) is 19.0 Å². The van der Waals surface area contributed by atoms with Gasteiger partial charge in [0.15, 0.2) is 0 Å². The molecule has 11 heavy (non-hydrogen) atoms. The van der Waals surface area contributed by atoms with Crippen LogP contribution < -0.4 is 0 Å². The SMILES string of the molecule is C[C@H](O)C(=O)N1CC(F)(F)C1. The Labute approximate surface area is 62.6 Å². The normalized spacial score (nSPS) is 24.2. The van der Waals surface area contributed by atoms with E-state index in [9.17, 15) is 13.6 Å². The number of likely N-dealkylation sites (tertiary alicyclic amines) is 1. The summed E-state index contributed by atoms with van der Waals surface area (Å²) in [5.41, 5.74) is 0. The van der Waals surface area contributed by atoms with Crippen LogP contribution in [0.5, 0.6) is 0 Å². The average molecular weight is 165 g/mol. The smallest absolute Gasteiger partial charge is 0.282 e. The lowest BCUT2D eigenvalue weighted by Crippen LogP contribution is -2.60. The molecule has 5 heteroatoms. The van der Waals surface area contributed by atoms with Gasteiger partial charge in [0.25, 0.3) is 11.8 Å². The maximum Gasteiger partial charge on any atom is 0.282 e. The molecule has 1 N–H and O–H groups in total. The Kier molecular flexibility index (Phi) is 1.83. The summed E-state index contributed by atoms with van der Waals surface area (Å²) >= 11 is 0. The highest BCUT2D eigenvalue weighted by Gasteiger charge is 2.46. The minimum atomic E-state index is -2.75. The molecule has 1 aliphatic heterocycles. The van der Waals surface area contributed by atoms with Gasteiger partial charge in [-0.3, -0.25) is 4.79 Å². The van der Waals surface area contributed by atoms with Gasteiger partial charge in [-0.1, -0.05) is 0 Å². The summed E-state index contributed by atoms with van der Waals surface area (Å²) in [4.78, 5) is 11.7. The van der Waals surface area contributed by atoms with Crippen LogP contribution in [0.15, 0.2) is 0 Å². The molecule has 0 aromatic rings. The molecule has 1 amide bonds. The number of amides is 1. The van der Waals surface area contributed by atoms with Crippen LogP contribution in [0.2, 0.25) is 0 Å². The number of alkyl halides is 2. The minimum absolute atomic E-state index is 0.559. The van der Waals surface area contributed by atoms with Gasteiger partial charge in [-0.25, -0.2) is 8.78 Å². The Morgan fingerprint density at radius 2 is 2.09 bits per heavy atom. The molecule has 1 heterocycles. The van der Waals surface area contributed by atoms with Crippen molar-refractivity contribution in [1.29, 1.82) is 0 Å². The summed E-state index contributed by atoms with van der Waals surface area (Å²) in [6, 6.07) is 0. The van der Waals surface area contributed by atoms with Crippen molar-refractivity contribution < 1.29 is 18.7 Å². The van der Waals surface area contributed by atoms with Gasteiger partial charge in [0.05, 0.1) is 13.1 Å². The van der Waals surface area contributed by atoms with Crippen molar-refractivity contribution in [2.24, 2.45) is 0 Å². The number of aliphatic hydroxyl groups excluding tert-OH is 1. The van der Waals surface area contributed by atoms with Gasteiger partial charge < -0.3 is 10.0 Å². The Bertz CT molecular complexity index is 173. The summed E-state index contributed by atoms with van der Waals surface area (Å²) in [5, 5.41) is 8.69. The van der Waals surface area contributed by atoms with Crippen LogP contribution >= 0.6 is 0 Å². The number of hydrogen-bond acceptors (Lipinski definition) is 2. The Morgan fingerprint density at radius 3 is 2.36 bits per heavy atom. The molecule has 0 aromatic heterocycles. The zero-order valence-electron chi connectivity index (χ0n) is 6.05. The zero-order chi connectivity index (χ0) is 8.65. The van der Waals surface area contributed by atoms with Crippen molar-refractivity contribution in [3.05, 3.63) is 0 Å². The number of hydrogen-bond donors (Lipinski definition) is 1. The molecule has 64 valence electrons. The number of carbonyl (C=O) groups is 1. The third kappa shape index (κ3) is 1.65. The molecule has 0 bridgehead atoms. The van der Waals surface area contributed by atoms with E-state index in [1.54, 1.807) is 0 Å². The van der Waals surface area contributed by atoms with E-state index >= 15 is 0 Å². The second kappa shape index (κ2) is 2.41. The van der Waals surface area contributed by atoms with Crippen LogP contribution in [0.25, 0.3) is 0 Å². The van der Waals surface area contributed by atoms with Crippen molar-refractivity contribution in [3.8, 4) is 0 Å². The molecule has 1 aliphatic rings. The molecular weight excluding hydrogens is 156 g/mol. The lowest BCUT2D eigenvalue weighted by atomic mass is 10.1. The van der Waals surface area contributed by atoms with Gasteiger partial charge in [0, 0.05) is 0 Å². The highest BCUT2D eigenvalue weighted by atomic mass is 19.3. The maximum atomic E-state index is 12.1. The van der Waals surface area contributed by atoms with Gasteiger partial charge in [0.2, 0.25) is 0 Å². The quantitative estimate of drug-likeness (QED) is 0.586. The molecule has 1 fully saturated rings. The fourth-order valence-electron chi connectivity index (χ4n) is 0.932. The highest BCUT2D eigenvalue weighted by Crippen LogP contribution is 2.26. The molecule has 0 aromatic carbocycles. The summed E-state index contributed by atoms with van der Waals surface area (Å²) < 4.78 is 24.3. The third-order valence-corrected chi connectivity index (χ3v) is 1.51. The van der Waals surface area contributed by atoms with Crippen molar-refractivity contribution in [3.63, 3.8) is 0 Å². The van der Waals surface area contributed by atoms with Crippen molar-refractivity contribution in [1.82, 2.24) is 4.90 Å². The second-order valence-corrected chi connectivity index (χ2v) is 2.73. The van der Waals surface area contributed by atoms with Crippen molar-refractivity contribution in [2.75, 3.05) is 13.1 Å². The molecule has 0 radical (unpaired) electrons. The second-order valence-electron chi connectivity index (χ2n) is 2.73. The Balaban J connectivity index is 2.38. The minimum Gasteiger partial charge on any atom is -0.384 e. The molecular formula is C6H9F2NO2. The monoisotopic (exact) mass is 165 g/mol. The van der Waals surface area contributed by atoms with Crippen LogP contribution in [0, 0.1) is 0 Å². The first-order chi connectivity index (χ1) is 4.92. The highest BCUT2D eigenvalue weighted by molar-refractivity contribution is 5.81. The molecule has 3 nitrogen and oxygen atoms in total. The summed E-state index contributed by atoms with van der Waals surface area (Å²) in [5.74, 6) is -3.37. The van der Waals surface area contributed by atoms with E-state index in [1.165, 1.54) is 6.92 Å². The molecule has 0 spiro atoms. The fourth-order valence-corrected chi connectivity index (χ4v) is 0.932. The summed E-state index contributed by atoms with van der Waals surface area (Å²) in [7, 11) is 0. The van der Waals surface area contributed by atoms with Crippen LogP contribution in [-0.4, -0.2) is 41.0 Å². The number of rotatable bonds is 1. The largest absolute Gasteiger partial charge is 0.384 e. The van der Waals surface area contributed by atoms with E-state index in [4.69, 9.17) is 5.11 Å². The van der Waals surface area contributed by atoms with Gasteiger partial charge >= 0.3 is 0 Å². The number of carbonyl (C=O) groups excluding carboxylic acids is 1. The molecule has 0 unspecified atom stereocenters. The first-order valence-electron chi connectivity index (χ1n) is 3.27. The standard InChI is InChI=1S/C6H9F2NO2/c1-4(10)5(11)9-2-6(7,8)3-9/h4,10H,2-3H2,1H3/t4-/m0/s1. The van der Waals surface area contributed by atoms with Crippen LogP contribution in [0.4, 0.5) is 8.78 Å². The molecule has 1 saturated heterocycles. The third-order valence-electron chi connectivity index (χ3n) is 1.51. The average Bonchev–Trinajstić information content (AvgIpc) is 1.80. The van der Waals surface area contributed by atoms with Crippen molar-refractivity contribution >= 4 is 5.91 Å². The predicted molar refractivity (Wildman–Crippen MR) is 33.2 cm³/mol. The van der Waals surface area contributed by atoms with Gasteiger partial charge in [-0.2, -0.15) is 0 Å². The topological polar surface area (TPSA) is 40.5 Å². The lowest BCUT2D eigenvalue weighted by Gasteiger charge is -2.39. The number of nitrogens with zero attached hydrogens (tertiary/aromatic N) is 1. The van der Waals surface area contributed by atoms with E-state index in [2.05, 4.69) is 0 Å².